The fourth-order valence-electron chi connectivity index (χ4n) is 8.10. The summed E-state index contributed by atoms with van der Waals surface area (Å²) < 4.78 is 0. The molecule has 2 aliphatic carbocycles. The van der Waals surface area contributed by atoms with Crippen LogP contribution < -0.4 is 4.90 Å². The van der Waals surface area contributed by atoms with Crippen LogP contribution in [0.25, 0.3) is 10.9 Å². The number of hydrogen-bond donors (Lipinski definition) is 1. The number of fused-ring (bicyclic) bond motifs is 4. The second-order valence-corrected chi connectivity index (χ2v) is 17.9. The molecule has 2 unspecified atom stereocenters. The molecule has 1 saturated carbocycles. The lowest BCUT2D eigenvalue weighted by atomic mass is 9.96. The lowest BCUT2D eigenvalue weighted by Crippen LogP contribution is -2.31. The molecule has 4 amide bonds. The van der Waals surface area contributed by atoms with Crippen molar-refractivity contribution in [2.24, 2.45) is 0 Å². The van der Waals surface area contributed by atoms with Crippen LogP contribution in [0.1, 0.15) is 106 Å². The van der Waals surface area contributed by atoms with Crippen LogP contribution in [0.15, 0.2) is 53.4 Å². The van der Waals surface area contributed by atoms with E-state index in [1.807, 2.05) is 0 Å². The van der Waals surface area contributed by atoms with Crippen molar-refractivity contribution >= 4 is 139 Å². The molecule has 1 N–H and O–H groups in total. The monoisotopic (exact) mass is 917 g/mol. The molecule has 0 saturated heterocycles. The highest BCUT2D eigenvalue weighted by atomic mass is 35.5. The lowest BCUT2D eigenvalue weighted by Gasteiger charge is -2.21. The molecule has 1 aromatic heterocycles. The van der Waals surface area contributed by atoms with Gasteiger partial charge in [0.2, 0.25) is 0 Å². The number of pyridine rings is 1. The number of Topliss-reactive ketones (excluding diaryl/α,β-unsaturated/α-hetero) is 1. The Morgan fingerprint density at radius 2 is 1.25 bits per heavy atom. The first kappa shape index (κ1) is 39.1. The average Bonchev–Trinajstić information content (AvgIpc) is 3.94. The lowest BCUT2D eigenvalue weighted by molar-refractivity contribution is 0.0641. The third-order valence-electron chi connectivity index (χ3n) is 10.9. The number of carbonyl (C=O) groups excluding carboxylic acids is 5. The number of hydrogen-bond acceptors (Lipinski definition) is 8. The summed E-state index contributed by atoms with van der Waals surface area (Å²) in [5.74, 6) is -4.71. The minimum atomic E-state index is -1.51. The molecule has 2 atom stereocenters. The zero-order chi connectivity index (χ0) is 40.3. The van der Waals surface area contributed by atoms with E-state index in [1.54, 1.807) is 36.4 Å². The van der Waals surface area contributed by atoms with E-state index in [-0.39, 0.29) is 97.2 Å². The highest BCUT2D eigenvalue weighted by molar-refractivity contribution is 8.00. The topological polar surface area (TPSA) is 125 Å². The number of aromatic nitrogens is 1. The van der Waals surface area contributed by atoms with Crippen LogP contribution in [0.4, 0.5) is 5.69 Å². The van der Waals surface area contributed by atoms with Crippen molar-refractivity contribution in [2.75, 3.05) is 4.90 Å². The molecule has 9 nitrogen and oxygen atoms in total. The Labute approximate surface area is 363 Å². The molecule has 5 aromatic rings. The quantitative estimate of drug-likeness (QED) is 0.101. The molecule has 0 spiro atoms. The Morgan fingerprint density at radius 3 is 1.84 bits per heavy atom. The van der Waals surface area contributed by atoms with E-state index in [9.17, 15) is 29.1 Å². The number of rotatable bonds is 6. The van der Waals surface area contributed by atoms with E-state index in [2.05, 4.69) is 0 Å². The maximum atomic E-state index is 14.3. The summed E-state index contributed by atoms with van der Waals surface area (Å²) in [5, 5.41) is 11.7. The van der Waals surface area contributed by atoms with Crippen molar-refractivity contribution in [2.45, 2.75) is 54.4 Å². The molecule has 17 heteroatoms. The SMILES string of the molecule is O=C1c2c(Cl)c(Cl)c(SC3CCCC3)c(Cl)c2C(O)C1c1ccc2c(CN3C(=O)c4ccccc4C3=O)ccc(N3C(=O)c4c(Cl)c(Cl)c(Cl)c(Cl)c4C3=O)c2n1. The second-order valence-electron chi connectivity index (χ2n) is 13.9. The predicted molar refractivity (Wildman–Crippen MR) is 222 cm³/mol. The maximum absolute atomic E-state index is 14.3. The summed E-state index contributed by atoms with van der Waals surface area (Å²) >= 11 is 47.4. The van der Waals surface area contributed by atoms with E-state index >= 15 is 0 Å². The van der Waals surface area contributed by atoms with Crippen molar-refractivity contribution in [3.8, 4) is 0 Å². The molecule has 1 fully saturated rings. The molecule has 4 aromatic carbocycles. The fourth-order valence-corrected chi connectivity index (χ4v) is 11.6. The van der Waals surface area contributed by atoms with Gasteiger partial charge in [0.05, 0.1) is 92.9 Å². The minimum Gasteiger partial charge on any atom is -0.387 e. The first-order valence-corrected chi connectivity index (χ1v) is 21.0. The summed E-state index contributed by atoms with van der Waals surface area (Å²) in [7, 11) is 0. The molecule has 288 valence electrons. The number of aliphatic hydroxyl groups excluding tert-OH is 1. The normalized spacial score (nSPS) is 19.1. The van der Waals surface area contributed by atoms with Gasteiger partial charge in [-0.15, -0.1) is 11.8 Å². The number of imide groups is 2. The van der Waals surface area contributed by atoms with Gasteiger partial charge in [0.25, 0.3) is 23.6 Å². The maximum Gasteiger partial charge on any atom is 0.267 e. The van der Waals surface area contributed by atoms with Gasteiger partial charge in [0.15, 0.2) is 5.78 Å². The number of thioether (sulfide) groups is 1. The van der Waals surface area contributed by atoms with Gasteiger partial charge in [0, 0.05) is 26.7 Å². The zero-order valence-corrected chi connectivity index (χ0v) is 34.9. The molecule has 57 heavy (non-hydrogen) atoms. The van der Waals surface area contributed by atoms with Crippen molar-refractivity contribution in [3.05, 3.63) is 128 Å². The van der Waals surface area contributed by atoms with Gasteiger partial charge in [0.1, 0.15) is 0 Å². The molecule has 0 radical (unpaired) electrons. The number of aliphatic hydroxyl groups is 1. The van der Waals surface area contributed by atoms with Crippen LogP contribution >= 0.6 is 93.0 Å². The van der Waals surface area contributed by atoms with Gasteiger partial charge in [-0.3, -0.25) is 28.9 Å². The van der Waals surface area contributed by atoms with Gasteiger partial charge in [-0.1, -0.05) is 118 Å². The molecular weight excluding hydrogens is 899 g/mol. The average molecular weight is 921 g/mol. The van der Waals surface area contributed by atoms with E-state index in [0.29, 0.717) is 15.8 Å². The zero-order valence-electron chi connectivity index (χ0n) is 28.8. The summed E-state index contributed by atoms with van der Waals surface area (Å²) in [4.78, 5) is 76.5. The Hall–Kier alpha value is -3.42. The van der Waals surface area contributed by atoms with Gasteiger partial charge >= 0.3 is 0 Å². The van der Waals surface area contributed by atoms with Gasteiger partial charge < -0.3 is 5.11 Å². The standard InChI is InChI=1S/C40H22Cl7N3O6S/c41-26-22-23(29(44)36(32(26)47)57-15-5-1-2-6-15)35(52)21(34(22)51)19-11-10-16-14(13-49-37(53)17-7-3-4-8-18(17)38(49)54)9-12-20(33(16)48-19)50-39(55)24-25(40(50)56)28(43)31(46)30(45)27(24)42/h3-4,7-12,15,21,35,52H,1-2,5-6,13H2. The van der Waals surface area contributed by atoms with Crippen LogP contribution in [-0.4, -0.2) is 49.7 Å². The largest absolute Gasteiger partial charge is 0.387 e. The van der Waals surface area contributed by atoms with E-state index in [1.165, 1.54) is 23.9 Å². The van der Waals surface area contributed by atoms with E-state index < -0.39 is 41.4 Å². The number of carbonyl (C=O) groups is 5. The molecule has 4 aliphatic rings. The highest BCUT2D eigenvalue weighted by Crippen LogP contribution is 2.55. The highest BCUT2D eigenvalue weighted by Gasteiger charge is 2.47. The van der Waals surface area contributed by atoms with Gasteiger partial charge in [-0.2, -0.15) is 0 Å². The van der Waals surface area contributed by atoms with Gasteiger partial charge in [-0.25, -0.2) is 9.88 Å². The summed E-state index contributed by atoms with van der Waals surface area (Å²) in [6.07, 6.45) is 2.54. The number of amides is 4. The van der Waals surface area contributed by atoms with Crippen molar-refractivity contribution in [1.82, 2.24) is 9.88 Å². The Balaban J connectivity index is 1.19. The molecule has 3 heterocycles. The van der Waals surface area contributed by atoms with Crippen LogP contribution in [0.3, 0.4) is 0 Å². The summed E-state index contributed by atoms with van der Waals surface area (Å²) in [6.45, 7) is -0.212. The van der Waals surface area contributed by atoms with Crippen molar-refractivity contribution < 1.29 is 29.1 Å². The predicted octanol–water partition coefficient (Wildman–Crippen LogP) is 11.5. The van der Waals surface area contributed by atoms with Crippen LogP contribution in [0.5, 0.6) is 0 Å². The van der Waals surface area contributed by atoms with Crippen LogP contribution in [0.2, 0.25) is 35.2 Å². The van der Waals surface area contributed by atoms with Crippen molar-refractivity contribution in [1.29, 1.82) is 0 Å². The number of nitrogens with zero attached hydrogens (tertiary/aromatic N) is 3. The first-order valence-electron chi connectivity index (χ1n) is 17.4. The van der Waals surface area contributed by atoms with Gasteiger partial charge in [-0.05, 0) is 42.7 Å². The Bertz CT molecular complexity index is 2660. The third kappa shape index (κ3) is 5.78. The summed E-state index contributed by atoms with van der Waals surface area (Å²) in [5.41, 5.74) is 0.444. The molecule has 2 aliphatic heterocycles. The smallest absolute Gasteiger partial charge is 0.267 e. The Morgan fingerprint density at radius 1 is 0.667 bits per heavy atom. The number of benzene rings is 4. The second kappa shape index (κ2) is 14.4. The summed E-state index contributed by atoms with van der Waals surface area (Å²) in [6, 6.07) is 12.5. The third-order valence-corrected chi connectivity index (χ3v) is 15.6. The van der Waals surface area contributed by atoms with E-state index in [4.69, 9.17) is 86.2 Å². The minimum absolute atomic E-state index is 0.00390. The molecule has 9 rings (SSSR count). The van der Waals surface area contributed by atoms with Crippen molar-refractivity contribution in [3.63, 3.8) is 0 Å². The first-order chi connectivity index (χ1) is 27.2. The van der Waals surface area contributed by atoms with Crippen LogP contribution in [-0.2, 0) is 6.54 Å². The number of anilines is 1. The number of halogens is 7. The Kier molecular flexibility index (Phi) is 9.86. The number of ketones is 1. The molecular formula is C40H22Cl7N3O6S. The molecule has 0 bridgehead atoms. The fraction of sp³-hybridized carbons (Fsp3) is 0.200. The van der Waals surface area contributed by atoms with E-state index in [0.717, 1.165) is 35.5 Å². The van der Waals surface area contributed by atoms with Crippen LogP contribution in [0, 0.1) is 0 Å².